The van der Waals surface area contributed by atoms with Gasteiger partial charge in [-0.2, -0.15) is 0 Å². The first-order chi connectivity index (χ1) is 12.5. The summed E-state index contributed by atoms with van der Waals surface area (Å²) in [6.07, 6.45) is 0. The highest BCUT2D eigenvalue weighted by Gasteiger charge is 2.18. The van der Waals surface area contributed by atoms with Crippen LogP contribution in [0.15, 0.2) is 28.5 Å². The molecule has 0 spiro atoms. The number of carbonyl (C=O) groups is 1. The maximum absolute atomic E-state index is 12.4. The Labute approximate surface area is 171 Å². The second-order valence-corrected chi connectivity index (χ2v) is 8.94. The van der Waals surface area contributed by atoms with E-state index < -0.39 is 0 Å². The summed E-state index contributed by atoms with van der Waals surface area (Å²) in [5, 5.41) is 6.34. The van der Waals surface area contributed by atoms with Crippen molar-refractivity contribution in [3.8, 4) is 0 Å². The zero-order valence-corrected chi connectivity index (χ0v) is 17.4. The smallest absolute Gasteiger partial charge is 0.239 e. The highest BCUT2D eigenvalue weighted by atomic mass is 35.5. The minimum Gasteiger partial charge on any atom is -0.379 e. The zero-order chi connectivity index (χ0) is 18.5. The molecule has 3 rings (SSSR count). The van der Waals surface area contributed by atoms with Crippen LogP contribution < -0.4 is 5.32 Å². The van der Waals surface area contributed by atoms with E-state index >= 15 is 0 Å². The van der Waals surface area contributed by atoms with Crippen LogP contribution in [0, 0.1) is 0 Å². The maximum atomic E-state index is 12.4. The van der Waals surface area contributed by atoms with Crippen LogP contribution >= 0.6 is 46.3 Å². The number of rotatable bonds is 6. The molecule has 1 aliphatic rings. The van der Waals surface area contributed by atoms with E-state index in [0.29, 0.717) is 15.2 Å². The molecule has 2 aromatic rings. The summed E-state index contributed by atoms with van der Waals surface area (Å²) >= 11 is 15.0. The molecule has 1 amide bonds. The van der Waals surface area contributed by atoms with Gasteiger partial charge in [0.25, 0.3) is 0 Å². The molecule has 1 atom stereocenters. The van der Waals surface area contributed by atoms with Crippen LogP contribution in [0.1, 0.15) is 12.6 Å². The third-order valence-corrected chi connectivity index (χ3v) is 6.48. The quantitative estimate of drug-likeness (QED) is 0.686. The molecule has 1 N–H and O–H groups in total. The highest BCUT2D eigenvalue weighted by molar-refractivity contribution is 8.00. The molecule has 0 radical (unpaired) electrons. The molecule has 26 heavy (non-hydrogen) atoms. The van der Waals surface area contributed by atoms with Crippen molar-refractivity contribution in [1.29, 1.82) is 0 Å². The van der Waals surface area contributed by atoms with Gasteiger partial charge in [-0.05, 0) is 25.1 Å². The monoisotopic (exact) mass is 431 g/mol. The Balaban J connectivity index is 1.54. The van der Waals surface area contributed by atoms with Crippen molar-refractivity contribution in [1.82, 2.24) is 9.88 Å². The minimum atomic E-state index is -0.322. The standard InChI is InChI=1S/C17H19Cl2N3O2S2/c1-11(26-15-8-12(18)2-3-14(15)19)16(23)21-17-20-13(10-25-17)9-22-4-6-24-7-5-22/h2-3,8,10-11H,4-7,9H2,1H3,(H,20,21,23). The van der Waals surface area contributed by atoms with Crippen molar-refractivity contribution in [3.63, 3.8) is 0 Å². The van der Waals surface area contributed by atoms with Crippen molar-refractivity contribution in [2.45, 2.75) is 23.6 Å². The van der Waals surface area contributed by atoms with Crippen LogP contribution in [0.4, 0.5) is 5.13 Å². The molecule has 0 bridgehead atoms. The Bertz CT molecular complexity index is 766. The first-order valence-electron chi connectivity index (χ1n) is 8.18. The van der Waals surface area contributed by atoms with Gasteiger partial charge >= 0.3 is 0 Å². The summed E-state index contributed by atoms with van der Waals surface area (Å²) < 4.78 is 5.35. The number of thiazole rings is 1. The highest BCUT2D eigenvalue weighted by Crippen LogP contribution is 2.33. The molecule has 0 aliphatic carbocycles. The third-order valence-electron chi connectivity index (χ3n) is 3.84. The molecule has 9 heteroatoms. The molecule has 1 saturated heterocycles. The van der Waals surface area contributed by atoms with Gasteiger partial charge in [-0.1, -0.05) is 23.2 Å². The Morgan fingerprint density at radius 1 is 1.42 bits per heavy atom. The minimum absolute atomic E-state index is 0.113. The molecule has 140 valence electrons. The van der Waals surface area contributed by atoms with Gasteiger partial charge in [-0.3, -0.25) is 9.69 Å². The molecular formula is C17H19Cl2N3O2S2. The average molecular weight is 432 g/mol. The third kappa shape index (κ3) is 5.58. The van der Waals surface area contributed by atoms with Crippen molar-refractivity contribution in [3.05, 3.63) is 39.3 Å². The SMILES string of the molecule is CC(Sc1cc(Cl)ccc1Cl)C(=O)Nc1nc(CN2CCOCC2)cs1. The Morgan fingerprint density at radius 3 is 2.96 bits per heavy atom. The van der Waals surface area contributed by atoms with E-state index in [2.05, 4.69) is 15.2 Å². The number of halogens is 2. The number of amides is 1. The number of benzene rings is 1. The summed E-state index contributed by atoms with van der Waals surface area (Å²) in [6.45, 7) is 5.95. The van der Waals surface area contributed by atoms with Gasteiger partial charge in [0, 0.05) is 34.9 Å². The molecule has 2 heterocycles. The second-order valence-electron chi connectivity index (χ2n) is 5.86. The van der Waals surface area contributed by atoms with E-state index in [9.17, 15) is 4.79 Å². The van der Waals surface area contributed by atoms with Gasteiger partial charge in [0.2, 0.25) is 5.91 Å². The van der Waals surface area contributed by atoms with E-state index in [0.717, 1.165) is 43.4 Å². The first-order valence-corrected chi connectivity index (χ1v) is 10.7. The largest absolute Gasteiger partial charge is 0.379 e. The van der Waals surface area contributed by atoms with Gasteiger partial charge in [-0.25, -0.2) is 4.98 Å². The number of nitrogens with one attached hydrogen (secondary N) is 1. The lowest BCUT2D eigenvalue weighted by Crippen LogP contribution is -2.35. The summed E-state index contributed by atoms with van der Waals surface area (Å²) in [5.41, 5.74) is 0.963. The van der Waals surface area contributed by atoms with E-state index in [1.807, 2.05) is 12.3 Å². The predicted molar refractivity (Wildman–Crippen MR) is 109 cm³/mol. The summed E-state index contributed by atoms with van der Waals surface area (Å²) in [7, 11) is 0. The number of hydrogen-bond donors (Lipinski definition) is 1. The van der Waals surface area contributed by atoms with Crippen LogP contribution in [-0.2, 0) is 16.1 Å². The average Bonchev–Trinajstić information content (AvgIpc) is 3.05. The van der Waals surface area contributed by atoms with Crippen LogP contribution in [-0.4, -0.2) is 47.3 Å². The van der Waals surface area contributed by atoms with Crippen LogP contribution in [0.2, 0.25) is 10.0 Å². The number of thioether (sulfide) groups is 1. The maximum Gasteiger partial charge on any atom is 0.239 e. The lowest BCUT2D eigenvalue weighted by molar-refractivity contribution is -0.115. The Morgan fingerprint density at radius 2 is 2.19 bits per heavy atom. The number of ether oxygens (including phenoxy) is 1. The topological polar surface area (TPSA) is 54.5 Å². The van der Waals surface area contributed by atoms with E-state index in [1.54, 1.807) is 18.2 Å². The number of anilines is 1. The summed E-state index contributed by atoms with van der Waals surface area (Å²) in [6, 6.07) is 5.22. The number of nitrogens with zero attached hydrogens (tertiary/aromatic N) is 2. The summed E-state index contributed by atoms with van der Waals surface area (Å²) in [5.74, 6) is -0.113. The number of aromatic nitrogens is 1. The van der Waals surface area contributed by atoms with Gasteiger partial charge in [0.15, 0.2) is 5.13 Å². The Hall–Kier alpha value is -0.830. The normalized spacial score (nSPS) is 16.4. The zero-order valence-electron chi connectivity index (χ0n) is 14.2. The fraction of sp³-hybridized carbons (Fsp3) is 0.412. The lowest BCUT2D eigenvalue weighted by atomic mass is 10.4. The van der Waals surface area contributed by atoms with Crippen molar-refractivity contribution >= 4 is 57.3 Å². The molecule has 1 aliphatic heterocycles. The Kier molecular flexibility index (Phi) is 7.19. The van der Waals surface area contributed by atoms with Crippen molar-refractivity contribution < 1.29 is 9.53 Å². The molecule has 5 nitrogen and oxygen atoms in total. The van der Waals surface area contributed by atoms with Crippen LogP contribution in [0.25, 0.3) is 0 Å². The lowest BCUT2D eigenvalue weighted by Gasteiger charge is -2.25. The van der Waals surface area contributed by atoms with E-state index in [-0.39, 0.29) is 11.2 Å². The molecule has 1 fully saturated rings. The fourth-order valence-corrected chi connectivity index (χ4v) is 4.56. The van der Waals surface area contributed by atoms with Crippen LogP contribution in [0.3, 0.4) is 0 Å². The number of hydrogen-bond acceptors (Lipinski definition) is 6. The van der Waals surface area contributed by atoms with E-state index in [4.69, 9.17) is 27.9 Å². The van der Waals surface area contributed by atoms with Crippen molar-refractivity contribution in [2.75, 3.05) is 31.6 Å². The van der Waals surface area contributed by atoms with Crippen molar-refractivity contribution in [2.24, 2.45) is 0 Å². The molecule has 1 aromatic heterocycles. The fourth-order valence-electron chi connectivity index (χ4n) is 2.44. The van der Waals surface area contributed by atoms with Gasteiger partial charge < -0.3 is 10.1 Å². The van der Waals surface area contributed by atoms with Gasteiger partial charge in [-0.15, -0.1) is 23.1 Å². The number of carbonyl (C=O) groups excluding carboxylic acids is 1. The molecule has 1 unspecified atom stereocenters. The number of morpholine rings is 1. The predicted octanol–water partition coefficient (Wildman–Crippen LogP) is 4.40. The van der Waals surface area contributed by atoms with Gasteiger partial charge in [0.1, 0.15) is 0 Å². The molecule has 0 saturated carbocycles. The molecule has 1 aromatic carbocycles. The second kappa shape index (κ2) is 9.39. The summed E-state index contributed by atoms with van der Waals surface area (Å²) in [4.78, 5) is 20.0. The first kappa shape index (κ1) is 19.9. The van der Waals surface area contributed by atoms with Gasteiger partial charge in [0.05, 0.1) is 29.2 Å². The van der Waals surface area contributed by atoms with Crippen LogP contribution in [0.5, 0.6) is 0 Å². The molecular weight excluding hydrogens is 413 g/mol. The van der Waals surface area contributed by atoms with E-state index in [1.165, 1.54) is 23.1 Å².